The Morgan fingerprint density at radius 3 is 1.38 bits per heavy atom. The van der Waals surface area contributed by atoms with Gasteiger partial charge in [0.05, 0.1) is 38.9 Å². The summed E-state index contributed by atoms with van der Waals surface area (Å²) in [4.78, 5) is 40.6. The molecule has 0 aromatic heterocycles. The number of amides is 2. The lowest BCUT2D eigenvalue weighted by molar-refractivity contribution is -0.385. The predicted molar refractivity (Wildman–Crippen MR) is 267 cm³/mol. The molecule has 68 heavy (non-hydrogen) atoms. The molecule has 2 amide bonds. The highest BCUT2D eigenvalue weighted by Gasteiger charge is 2.24. The summed E-state index contributed by atoms with van der Waals surface area (Å²) in [6.07, 6.45) is 1.95. The average molecular weight is 921 g/mol. The van der Waals surface area contributed by atoms with Crippen molar-refractivity contribution in [2.75, 3.05) is 71.0 Å². The van der Waals surface area contributed by atoms with E-state index in [1.54, 1.807) is 52.7 Å². The number of benzene rings is 6. The van der Waals surface area contributed by atoms with Crippen LogP contribution in [0.3, 0.4) is 0 Å². The van der Waals surface area contributed by atoms with Crippen LogP contribution in [-0.2, 0) is 25.9 Å². The van der Waals surface area contributed by atoms with E-state index in [0.29, 0.717) is 22.9 Å². The number of para-hydroxylation sites is 2. The second kappa shape index (κ2) is 22.4. The molecule has 0 fully saturated rings. The van der Waals surface area contributed by atoms with Crippen LogP contribution in [0.25, 0.3) is 0 Å². The predicted octanol–water partition coefficient (Wildman–Crippen LogP) is 9.73. The molecule has 6 aromatic carbocycles. The van der Waals surface area contributed by atoms with E-state index >= 15 is 0 Å². The number of carbonyl (C=O) groups excluding carboxylic acids is 2. The molecule has 2 heterocycles. The van der Waals surface area contributed by atoms with Crippen molar-refractivity contribution in [2.45, 2.75) is 51.6 Å². The van der Waals surface area contributed by atoms with Crippen LogP contribution in [0.4, 0.5) is 22.7 Å². The molecule has 0 saturated heterocycles. The van der Waals surface area contributed by atoms with Crippen LogP contribution < -0.4 is 35.3 Å². The van der Waals surface area contributed by atoms with E-state index in [0.717, 1.165) is 86.4 Å². The minimum absolute atomic E-state index is 0.0366. The van der Waals surface area contributed by atoms with Crippen LogP contribution in [0.15, 0.2) is 121 Å². The minimum Gasteiger partial charge on any atom is -0.493 e. The van der Waals surface area contributed by atoms with Crippen molar-refractivity contribution in [3.63, 3.8) is 0 Å². The Labute approximate surface area is 398 Å². The fraction of sp³-hybridized carbons (Fsp3) is 0.296. The van der Waals surface area contributed by atoms with E-state index in [1.165, 1.54) is 39.9 Å². The fourth-order valence-corrected chi connectivity index (χ4v) is 8.90. The molecule has 2 unspecified atom stereocenters. The van der Waals surface area contributed by atoms with E-state index in [1.807, 2.05) is 48.5 Å². The van der Waals surface area contributed by atoms with Crippen LogP contribution in [0.5, 0.6) is 23.0 Å². The number of nitro groups is 1. The van der Waals surface area contributed by atoms with Gasteiger partial charge in [0.1, 0.15) is 5.56 Å². The van der Waals surface area contributed by atoms with Gasteiger partial charge in [-0.2, -0.15) is 0 Å². The third kappa shape index (κ3) is 11.7. The fourth-order valence-electron chi connectivity index (χ4n) is 8.90. The first-order valence-corrected chi connectivity index (χ1v) is 22.7. The van der Waals surface area contributed by atoms with Crippen LogP contribution in [0.2, 0.25) is 0 Å². The molecule has 4 N–H and O–H groups in total. The number of methoxy groups -OCH3 is 4. The quantitative estimate of drug-likeness (QED) is 0.0509. The van der Waals surface area contributed by atoms with Crippen molar-refractivity contribution in [3.8, 4) is 23.0 Å². The van der Waals surface area contributed by atoms with Crippen molar-refractivity contribution in [1.82, 2.24) is 9.80 Å². The molecule has 0 saturated carbocycles. The molecule has 8 rings (SSSR count). The minimum atomic E-state index is -0.550. The molecular formula is C54H60N6O8. The molecule has 354 valence electrons. The number of hydrogen-bond donors (Lipinski definition) is 3. The van der Waals surface area contributed by atoms with Gasteiger partial charge in [-0.05, 0) is 125 Å². The number of nitrogens with one attached hydrogen (secondary N) is 2. The van der Waals surface area contributed by atoms with Gasteiger partial charge in [0.25, 0.3) is 17.5 Å². The van der Waals surface area contributed by atoms with Crippen LogP contribution in [0.1, 0.15) is 79.8 Å². The molecule has 6 aromatic rings. The third-order valence-electron chi connectivity index (χ3n) is 12.7. The molecule has 0 aliphatic carbocycles. The van der Waals surface area contributed by atoms with Gasteiger partial charge in [0.2, 0.25) is 0 Å². The molecule has 2 atom stereocenters. The number of nitrogens with zero attached hydrogens (tertiary/aromatic N) is 3. The van der Waals surface area contributed by atoms with E-state index in [2.05, 4.69) is 70.7 Å². The molecule has 2 aliphatic rings. The standard InChI is InChI=1S/C27H29N3O5.C27H31N3O3/c1-18(16-29-13-12-20-14-25(34-2)26(35-3)15-21(20)17-29)19-8-10-22(11-9-19)28-27(31)23-6-4-5-7-24(23)30(32)33;1-18(16-30-13-12-20-14-25(32-2)26(33-3)15-21(20)17-30)19-8-10-22(11-9-19)29-27(31)23-6-4-5-7-24(23)28/h4-11,14-15,18H,12-13,16-17H2,1-3H3,(H,28,31);4-11,14-15,18H,12-13,16-17,28H2,1-3H3,(H,29,31). The summed E-state index contributed by atoms with van der Waals surface area (Å²) in [7, 11) is 6.66. The lowest BCUT2D eigenvalue weighted by Gasteiger charge is -2.31. The maximum absolute atomic E-state index is 12.6. The summed E-state index contributed by atoms with van der Waals surface area (Å²) < 4.78 is 21.8. The summed E-state index contributed by atoms with van der Waals surface area (Å²) >= 11 is 0. The monoisotopic (exact) mass is 920 g/mol. The molecular weight excluding hydrogens is 861 g/mol. The number of fused-ring (bicyclic) bond motifs is 2. The Balaban J connectivity index is 0.000000202. The van der Waals surface area contributed by atoms with E-state index in [4.69, 9.17) is 24.7 Å². The van der Waals surface area contributed by atoms with Gasteiger partial charge in [-0.15, -0.1) is 0 Å². The number of hydrogen-bond acceptors (Lipinski definition) is 11. The summed E-state index contributed by atoms with van der Waals surface area (Å²) in [6, 6.07) is 37.1. The first kappa shape index (κ1) is 48.5. The molecule has 14 heteroatoms. The zero-order valence-electron chi connectivity index (χ0n) is 39.5. The smallest absolute Gasteiger partial charge is 0.282 e. The lowest BCUT2D eigenvalue weighted by atomic mass is 9.95. The Hall–Kier alpha value is -7.42. The van der Waals surface area contributed by atoms with Crippen molar-refractivity contribution in [1.29, 1.82) is 0 Å². The molecule has 14 nitrogen and oxygen atoms in total. The van der Waals surface area contributed by atoms with Gasteiger partial charge in [-0.25, -0.2) is 0 Å². The van der Waals surface area contributed by atoms with Crippen molar-refractivity contribution in [3.05, 3.63) is 176 Å². The summed E-state index contributed by atoms with van der Waals surface area (Å²) in [5.74, 6) is 3.03. The van der Waals surface area contributed by atoms with Crippen molar-refractivity contribution >= 4 is 34.6 Å². The summed E-state index contributed by atoms with van der Waals surface area (Å²) in [5.41, 5.74) is 15.6. The number of nitro benzene ring substituents is 1. The zero-order valence-corrected chi connectivity index (χ0v) is 39.5. The molecule has 0 radical (unpaired) electrons. The normalized spacial score (nSPS) is 14.1. The highest BCUT2D eigenvalue weighted by Crippen LogP contribution is 2.36. The van der Waals surface area contributed by atoms with Crippen molar-refractivity contribution in [2.24, 2.45) is 0 Å². The molecule has 0 spiro atoms. The average Bonchev–Trinajstić information content (AvgIpc) is 3.36. The van der Waals surface area contributed by atoms with E-state index in [9.17, 15) is 19.7 Å². The highest BCUT2D eigenvalue weighted by atomic mass is 16.6. The van der Waals surface area contributed by atoms with Crippen LogP contribution in [0, 0.1) is 10.1 Å². The second-order valence-electron chi connectivity index (χ2n) is 17.2. The number of anilines is 3. The second-order valence-corrected chi connectivity index (χ2v) is 17.2. The first-order valence-electron chi connectivity index (χ1n) is 22.7. The maximum Gasteiger partial charge on any atom is 0.282 e. The first-order chi connectivity index (χ1) is 32.9. The maximum atomic E-state index is 12.6. The Bertz CT molecular complexity index is 2730. The lowest BCUT2D eigenvalue weighted by Crippen LogP contribution is -2.33. The van der Waals surface area contributed by atoms with E-state index in [-0.39, 0.29) is 23.1 Å². The van der Waals surface area contributed by atoms with Gasteiger partial charge >= 0.3 is 0 Å². The van der Waals surface area contributed by atoms with Gasteiger partial charge in [0, 0.05) is 62.4 Å². The van der Waals surface area contributed by atoms with Gasteiger partial charge in [-0.1, -0.05) is 62.4 Å². The summed E-state index contributed by atoms with van der Waals surface area (Å²) in [5, 5.41) is 16.9. The topological polar surface area (TPSA) is 171 Å². The zero-order chi connectivity index (χ0) is 48.3. The van der Waals surface area contributed by atoms with Crippen LogP contribution in [-0.4, -0.2) is 81.2 Å². The van der Waals surface area contributed by atoms with Gasteiger partial charge in [-0.3, -0.25) is 29.5 Å². The highest BCUT2D eigenvalue weighted by molar-refractivity contribution is 6.08. The third-order valence-corrected chi connectivity index (χ3v) is 12.7. The van der Waals surface area contributed by atoms with Crippen LogP contribution >= 0.6 is 0 Å². The number of nitrogen functional groups attached to an aromatic ring is 1. The Kier molecular flexibility index (Phi) is 16.0. The number of ether oxygens (including phenoxy) is 4. The Morgan fingerprint density at radius 2 is 0.971 bits per heavy atom. The van der Waals surface area contributed by atoms with Gasteiger partial charge in [0.15, 0.2) is 23.0 Å². The largest absolute Gasteiger partial charge is 0.493 e. The summed E-state index contributed by atoms with van der Waals surface area (Å²) in [6.45, 7) is 10.0. The number of rotatable bonds is 15. The Morgan fingerprint density at radius 1 is 0.588 bits per heavy atom. The molecule has 0 bridgehead atoms. The molecule has 2 aliphatic heterocycles. The van der Waals surface area contributed by atoms with Gasteiger partial charge < -0.3 is 35.3 Å². The van der Waals surface area contributed by atoms with E-state index < -0.39 is 10.8 Å². The SMILES string of the molecule is COc1cc2c(cc1OC)CN(CC(C)c1ccc(NC(=O)c3ccccc3N)cc1)CC2.COc1cc2c(cc1OC)CN(CC(C)c1ccc(NC(=O)c3ccccc3[N+](=O)[O-])cc1)CC2. The number of nitrogens with two attached hydrogens (primary N) is 1. The number of carbonyl (C=O) groups is 2. The van der Waals surface area contributed by atoms with Crippen molar-refractivity contribution < 1.29 is 33.5 Å².